The number of carbonyl (C=O) groups is 1. The molecule has 7 nitrogen and oxygen atoms in total. The molecule has 2 aromatic heterocycles. The van der Waals surface area contributed by atoms with Gasteiger partial charge in [-0.15, -0.1) is 5.10 Å². The van der Waals surface area contributed by atoms with E-state index in [0.29, 0.717) is 24.8 Å². The molecule has 1 amide bonds. The monoisotopic (exact) mass is 305 g/mol. The van der Waals surface area contributed by atoms with Gasteiger partial charge in [-0.25, -0.2) is 9.50 Å². The summed E-state index contributed by atoms with van der Waals surface area (Å²) in [4.78, 5) is 20.5. The fourth-order valence-corrected chi connectivity index (χ4v) is 2.04. The molecule has 0 aromatic carbocycles. The topological polar surface area (TPSA) is 81.4 Å². The van der Waals surface area contributed by atoms with Crippen LogP contribution >= 0.6 is 0 Å². The minimum absolute atomic E-state index is 0.143. The molecule has 0 radical (unpaired) electrons. The Morgan fingerprint density at radius 2 is 2.14 bits per heavy atom. The molecule has 120 valence electrons. The molecule has 1 N–H and O–H groups in total. The second-order valence-electron chi connectivity index (χ2n) is 5.76. The van der Waals surface area contributed by atoms with E-state index in [1.165, 1.54) is 0 Å². The molecule has 0 aliphatic rings. The Hall–Kier alpha value is -2.02. The van der Waals surface area contributed by atoms with Gasteiger partial charge in [0.25, 0.3) is 11.7 Å². The van der Waals surface area contributed by atoms with Crippen molar-refractivity contribution in [2.75, 3.05) is 19.8 Å². The molecule has 0 atom stereocenters. The van der Waals surface area contributed by atoms with E-state index in [1.807, 2.05) is 19.9 Å². The summed E-state index contributed by atoms with van der Waals surface area (Å²) in [5, 5.41) is 6.99. The zero-order valence-corrected chi connectivity index (χ0v) is 13.6. The van der Waals surface area contributed by atoms with E-state index < -0.39 is 0 Å². The average Bonchev–Trinajstić information content (AvgIpc) is 2.86. The van der Waals surface area contributed by atoms with Gasteiger partial charge in [0.1, 0.15) is 0 Å². The molecule has 0 unspecified atom stereocenters. The molecule has 0 aliphatic heterocycles. The third kappa shape index (κ3) is 4.24. The molecule has 0 fully saturated rings. The summed E-state index contributed by atoms with van der Waals surface area (Å²) in [6.07, 6.45) is 0.766. The lowest BCUT2D eigenvalue weighted by Crippen LogP contribution is -2.26. The van der Waals surface area contributed by atoms with Crippen LogP contribution in [-0.4, -0.2) is 45.2 Å². The van der Waals surface area contributed by atoms with E-state index >= 15 is 0 Å². The predicted molar refractivity (Wildman–Crippen MR) is 82.9 cm³/mol. The summed E-state index contributed by atoms with van der Waals surface area (Å²) in [6, 6.07) is 1.90. The molecule has 0 spiro atoms. The zero-order valence-electron chi connectivity index (χ0n) is 13.6. The van der Waals surface area contributed by atoms with Gasteiger partial charge >= 0.3 is 0 Å². The van der Waals surface area contributed by atoms with Crippen molar-refractivity contribution in [2.45, 2.75) is 34.1 Å². The first-order chi connectivity index (χ1) is 10.5. The SMILES string of the molecule is Cc1cc(C)n2nc(C(=O)NCCCOCC(C)C)nc2n1. The second-order valence-corrected chi connectivity index (χ2v) is 5.76. The Balaban J connectivity index is 1.86. The van der Waals surface area contributed by atoms with E-state index in [4.69, 9.17) is 4.74 Å². The summed E-state index contributed by atoms with van der Waals surface area (Å²) in [7, 11) is 0. The molecular formula is C15H23N5O2. The zero-order chi connectivity index (χ0) is 16.1. The summed E-state index contributed by atoms with van der Waals surface area (Å²) in [6.45, 7) is 9.92. The lowest BCUT2D eigenvalue weighted by Gasteiger charge is -2.06. The number of aromatic nitrogens is 4. The van der Waals surface area contributed by atoms with Gasteiger partial charge in [-0.05, 0) is 32.3 Å². The third-order valence-corrected chi connectivity index (χ3v) is 3.02. The highest BCUT2D eigenvalue weighted by atomic mass is 16.5. The van der Waals surface area contributed by atoms with Crippen LogP contribution in [0.5, 0.6) is 0 Å². The van der Waals surface area contributed by atoms with Crippen molar-refractivity contribution < 1.29 is 9.53 Å². The first-order valence-electron chi connectivity index (χ1n) is 7.54. The van der Waals surface area contributed by atoms with Crippen LogP contribution in [0.4, 0.5) is 0 Å². The van der Waals surface area contributed by atoms with Gasteiger partial charge in [0.15, 0.2) is 0 Å². The number of amides is 1. The van der Waals surface area contributed by atoms with Crippen LogP contribution in [0.15, 0.2) is 6.07 Å². The number of fused-ring (bicyclic) bond motifs is 1. The first kappa shape index (κ1) is 16.4. The molecule has 2 aromatic rings. The third-order valence-electron chi connectivity index (χ3n) is 3.02. The van der Waals surface area contributed by atoms with Crippen LogP contribution in [0.25, 0.3) is 5.78 Å². The maximum absolute atomic E-state index is 12.0. The predicted octanol–water partition coefficient (Wildman–Crippen LogP) is 1.53. The number of rotatable bonds is 7. The van der Waals surface area contributed by atoms with Gasteiger partial charge in [0, 0.05) is 31.1 Å². The summed E-state index contributed by atoms with van der Waals surface area (Å²) < 4.78 is 7.04. The van der Waals surface area contributed by atoms with E-state index in [0.717, 1.165) is 24.4 Å². The molecule has 0 saturated carbocycles. The van der Waals surface area contributed by atoms with Gasteiger partial charge in [-0.3, -0.25) is 4.79 Å². The average molecular weight is 305 g/mol. The highest BCUT2D eigenvalue weighted by Crippen LogP contribution is 2.05. The van der Waals surface area contributed by atoms with Gasteiger partial charge in [0.05, 0.1) is 0 Å². The Kier molecular flexibility index (Phi) is 5.43. The molecular weight excluding hydrogens is 282 g/mol. The minimum atomic E-state index is -0.286. The molecule has 0 bridgehead atoms. The summed E-state index contributed by atoms with van der Waals surface area (Å²) in [5.74, 6) is 0.828. The van der Waals surface area contributed by atoms with Crippen molar-refractivity contribution in [1.82, 2.24) is 24.9 Å². The van der Waals surface area contributed by atoms with Crippen LogP contribution in [0.3, 0.4) is 0 Å². The Labute approximate surface area is 130 Å². The fraction of sp³-hybridized carbons (Fsp3) is 0.600. The van der Waals surface area contributed by atoms with Crippen molar-refractivity contribution in [1.29, 1.82) is 0 Å². The van der Waals surface area contributed by atoms with Gasteiger partial charge in [-0.2, -0.15) is 4.98 Å². The number of nitrogens with zero attached hydrogens (tertiary/aromatic N) is 4. The van der Waals surface area contributed by atoms with Crippen molar-refractivity contribution in [3.05, 3.63) is 23.3 Å². The van der Waals surface area contributed by atoms with Crippen LogP contribution in [0, 0.1) is 19.8 Å². The molecule has 22 heavy (non-hydrogen) atoms. The van der Waals surface area contributed by atoms with E-state index in [9.17, 15) is 4.79 Å². The van der Waals surface area contributed by atoms with Crippen molar-refractivity contribution >= 4 is 11.7 Å². The quantitative estimate of drug-likeness (QED) is 0.785. The van der Waals surface area contributed by atoms with Crippen molar-refractivity contribution in [3.8, 4) is 0 Å². The van der Waals surface area contributed by atoms with Crippen molar-refractivity contribution in [3.63, 3.8) is 0 Å². The Morgan fingerprint density at radius 1 is 1.36 bits per heavy atom. The number of nitrogens with one attached hydrogen (secondary N) is 1. The minimum Gasteiger partial charge on any atom is -0.381 e. The molecule has 2 heterocycles. The highest BCUT2D eigenvalue weighted by molar-refractivity contribution is 5.90. The van der Waals surface area contributed by atoms with Gasteiger partial charge < -0.3 is 10.1 Å². The smallest absolute Gasteiger partial charge is 0.291 e. The molecule has 0 saturated heterocycles. The maximum atomic E-state index is 12.0. The number of ether oxygens (including phenoxy) is 1. The molecule has 0 aliphatic carbocycles. The largest absolute Gasteiger partial charge is 0.381 e. The van der Waals surface area contributed by atoms with Gasteiger partial charge in [0.2, 0.25) is 5.82 Å². The van der Waals surface area contributed by atoms with E-state index in [1.54, 1.807) is 4.52 Å². The van der Waals surface area contributed by atoms with Gasteiger partial charge in [-0.1, -0.05) is 13.8 Å². The number of aryl methyl sites for hydroxylation is 2. The Bertz CT molecular complexity index is 651. The summed E-state index contributed by atoms with van der Waals surface area (Å²) >= 11 is 0. The number of hydrogen-bond donors (Lipinski definition) is 1. The fourth-order valence-electron chi connectivity index (χ4n) is 2.04. The lowest BCUT2D eigenvalue weighted by atomic mass is 10.2. The first-order valence-corrected chi connectivity index (χ1v) is 7.54. The normalized spacial score (nSPS) is 11.3. The lowest BCUT2D eigenvalue weighted by molar-refractivity contribution is 0.0916. The summed E-state index contributed by atoms with van der Waals surface area (Å²) in [5.41, 5.74) is 1.75. The van der Waals surface area contributed by atoms with Crippen LogP contribution in [-0.2, 0) is 4.74 Å². The number of hydrogen-bond acceptors (Lipinski definition) is 5. The number of carbonyl (C=O) groups excluding carboxylic acids is 1. The molecule has 2 rings (SSSR count). The van der Waals surface area contributed by atoms with Crippen LogP contribution in [0.2, 0.25) is 0 Å². The maximum Gasteiger partial charge on any atom is 0.291 e. The highest BCUT2D eigenvalue weighted by Gasteiger charge is 2.14. The molecule has 7 heteroatoms. The van der Waals surface area contributed by atoms with E-state index in [-0.39, 0.29) is 11.7 Å². The van der Waals surface area contributed by atoms with Crippen LogP contribution < -0.4 is 5.32 Å². The van der Waals surface area contributed by atoms with E-state index in [2.05, 4.69) is 34.2 Å². The van der Waals surface area contributed by atoms with Crippen molar-refractivity contribution in [2.24, 2.45) is 5.92 Å². The van der Waals surface area contributed by atoms with Crippen LogP contribution in [0.1, 0.15) is 42.3 Å². The Morgan fingerprint density at radius 3 is 2.86 bits per heavy atom. The second kappa shape index (κ2) is 7.31. The standard InChI is InChI=1S/C15H23N5O2/c1-10(2)9-22-7-5-6-16-14(21)13-18-15-17-11(3)8-12(4)20(15)19-13/h8,10H,5-7,9H2,1-4H3,(H,16,21).